The molecule has 2 aromatic rings. The molecule has 1 aromatic heterocycles. The van der Waals surface area contributed by atoms with Crippen LogP contribution in [-0.2, 0) is 4.74 Å². The molecule has 1 fully saturated rings. The maximum atomic E-state index is 13.4. The van der Waals surface area contributed by atoms with Gasteiger partial charge in [0.1, 0.15) is 18.2 Å². The van der Waals surface area contributed by atoms with Crippen LogP contribution in [0, 0.1) is 12.7 Å². The van der Waals surface area contributed by atoms with Crippen molar-refractivity contribution in [1.29, 1.82) is 0 Å². The van der Waals surface area contributed by atoms with E-state index in [1.165, 1.54) is 12.3 Å². The van der Waals surface area contributed by atoms with Crippen LogP contribution in [-0.4, -0.2) is 42.1 Å². The van der Waals surface area contributed by atoms with Gasteiger partial charge >= 0.3 is 6.08 Å². The molecule has 0 spiro atoms. The van der Waals surface area contributed by atoms with E-state index in [1.807, 2.05) is 6.92 Å². The van der Waals surface area contributed by atoms with Gasteiger partial charge in [-0.1, -0.05) is 12.1 Å². The second-order valence-electron chi connectivity index (χ2n) is 5.55. The number of aryl methyl sites for hydroxylation is 1. The fraction of sp³-hybridized carbons (Fsp3) is 0.412. The lowest BCUT2D eigenvalue weighted by Crippen LogP contribution is -2.42. The molecule has 1 aromatic carbocycles. The average Bonchev–Trinajstić information content (AvgIpc) is 3.06. The molecule has 1 atom stereocenters. The minimum atomic E-state index is -0.291. The zero-order chi connectivity index (χ0) is 17.1. The van der Waals surface area contributed by atoms with Gasteiger partial charge in [0.15, 0.2) is 5.69 Å². The Morgan fingerprint density at radius 1 is 1.50 bits per heavy atom. The summed E-state index contributed by atoms with van der Waals surface area (Å²) in [4.78, 5) is 18.2. The fourth-order valence-corrected chi connectivity index (χ4v) is 2.61. The van der Waals surface area contributed by atoms with E-state index in [1.54, 1.807) is 24.0 Å². The van der Waals surface area contributed by atoms with Crippen LogP contribution in [0.4, 0.5) is 4.39 Å². The van der Waals surface area contributed by atoms with E-state index in [-0.39, 0.29) is 29.6 Å². The standard InChI is InChI=1S/C17H19FN2O4/c1-3-22-17-19-14(10-24-17)16(21)20-6-7-23-15(9-20)12-4-5-13(18)11(2)8-12/h4-5,8,10,15H,3,6-7,9H2,1-2H3. The Hall–Kier alpha value is -2.41. The Labute approximate surface area is 139 Å². The van der Waals surface area contributed by atoms with Crippen LogP contribution >= 0.6 is 0 Å². The van der Waals surface area contributed by atoms with Crippen molar-refractivity contribution >= 4 is 5.91 Å². The van der Waals surface area contributed by atoms with Gasteiger partial charge in [0.25, 0.3) is 5.91 Å². The first-order chi connectivity index (χ1) is 11.6. The number of morpholine rings is 1. The molecule has 0 aliphatic carbocycles. The Bertz CT molecular complexity index is 731. The summed E-state index contributed by atoms with van der Waals surface area (Å²) >= 11 is 0. The topological polar surface area (TPSA) is 64.8 Å². The maximum absolute atomic E-state index is 13.4. The third kappa shape index (κ3) is 3.41. The average molecular weight is 334 g/mol. The van der Waals surface area contributed by atoms with Gasteiger partial charge in [-0.2, -0.15) is 4.98 Å². The molecule has 0 radical (unpaired) electrons. The molecule has 1 aliphatic heterocycles. The lowest BCUT2D eigenvalue weighted by Gasteiger charge is -2.32. The second kappa shape index (κ2) is 7.00. The van der Waals surface area contributed by atoms with Crippen molar-refractivity contribution in [2.45, 2.75) is 20.0 Å². The van der Waals surface area contributed by atoms with Crippen LogP contribution in [0.1, 0.15) is 34.6 Å². The number of aromatic nitrogens is 1. The smallest absolute Gasteiger partial charge is 0.394 e. The summed E-state index contributed by atoms with van der Waals surface area (Å²) in [6.45, 7) is 5.17. The van der Waals surface area contributed by atoms with Crippen LogP contribution in [0.3, 0.4) is 0 Å². The molecular formula is C17H19FN2O4. The van der Waals surface area contributed by atoms with Gasteiger partial charge in [0.2, 0.25) is 0 Å². The summed E-state index contributed by atoms with van der Waals surface area (Å²) < 4.78 is 29.4. The van der Waals surface area contributed by atoms with Gasteiger partial charge in [-0.15, -0.1) is 0 Å². The van der Waals surface area contributed by atoms with Crippen LogP contribution in [0.5, 0.6) is 6.08 Å². The summed E-state index contributed by atoms with van der Waals surface area (Å²) in [6, 6.07) is 4.85. The Morgan fingerprint density at radius 3 is 3.08 bits per heavy atom. The van der Waals surface area contributed by atoms with Crippen LogP contribution in [0.15, 0.2) is 28.9 Å². The molecular weight excluding hydrogens is 315 g/mol. The third-order valence-electron chi connectivity index (χ3n) is 3.88. The molecule has 0 saturated carbocycles. The van der Waals surface area contributed by atoms with Crippen LogP contribution in [0.25, 0.3) is 0 Å². The first-order valence-electron chi connectivity index (χ1n) is 7.83. The van der Waals surface area contributed by atoms with E-state index in [0.29, 0.717) is 31.9 Å². The van der Waals surface area contributed by atoms with E-state index in [9.17, 15) is 9.18 Å². The van der Waals surface area contributed by atoms with Crippen molar-refractivity contribution in [3.63, 3.8) is 0 Å². The lowest BCUT2D eigenvalue weighted by atomic mass is 10.0. The second-order valence-corrected chi connectivity index (χ2v) is 5.55. The summed E-state index contributed by atoms with van der Waals surface area (Å²) in [5.41, 5.74) is 1.60. The molecule has 0 bridgehead atoms. The van der Waals surface area contributed by atoms with Gasteiger partial charge in [-0.3, -0.25) is 4.79 Å². The predicted molar refractivity (Wildman–Crippen MR) is 83.4 cm³/mol. The Morgan fingerprint density at radius 2 is 2.33 bits per heavy atom. The number of oxazole rings is 1. The Kier molecular flexibility index (Phi) is 4.80. The van der Waals surface area contributed by atoms with Gasteiger partial charge < -0.3 is 18.8 Å². The van der Waals surface area contributed by atoms with Crippen molar-refractivity contribution in [2.75, 3.05) is 26.3 Å². The highest BCUT2D eigenvalue weighted by Crippen LogP contribution is 2.25. The molecule has 3 rings (SSSR count). The Balaban J connectivity index is 1.72. The summed E-state index contributed by atoms with van der Waals surface area (Å²) in [6.07, 6.45) is 1.08. The molecule has 1 saturated heterocycles. The van der Waals surface area contributed by atoms with Gasteiger partial charge in [-0.05, 0) is 31.0 Å². The van der Waals surface area contributed by atoms with E-state index in [2.05, 4.69) is 4.98 Å². The first kappa shape index (κ1) is 16.4. The van der Waals surface area contributed by atoms with Crippen LogP contribution < -0.4 is 4.74 Å². The third-order valence-corrected chi connectivity index (χ3v) is 3.88. The zero-order valence-electron chi connectivity index (χ0n) is 13.6. The fourth-order valence-electron chi connectivity index (χ4n) is 2.61. The van der Waals surface area contributed by atoms with E-state index in [0.717, 1.165) is 5.56 Å². The number of benzene rings is 1. The van der Waals surface area contributed by atoms with E-state index in [4.69, 9.17) is 13.9 Å². The number of nitrogens with zero attached hydrogens (tertiary/aromatic N) is 2. The number of carbonyl (C=O) groups excluding carboxylic acids is 1. The molecule has 0 N–H and O–H groups in total. The monoisotopic (exact) mass is 334 g/mol. The van der Waals surface area contributed by atoms with E-state index < -0.39 is 0 Å². The van der Waals surface area contributed by atoms with E-state index >= 15 is 0 Å². The minimum absolute atomic E-state index is 0.0832. The zero-order valence-corrected chi connectivity index (χ0v) is 13.6. The van der Waals surface area contributed by atoms with Crippen LogP contribution in [0.2, 0.25) is 0 Å². The number of carbonyl (C=O) groups is 1. The molecule has 7 heteroatoms. The summed E-state index contributed by atoms with van der Waals surface area (Å²) in [7, 11) is 0. The van der Waals surface area contributed by atoms with Gasteiger partial charge in [0, 0.05) is 6.54 Å². The molecule has 6 nitrogen and oxygen atoms in total. The summed E-state index contributed by atoms with van der Waals surface area (Å²) in [5, 5.41) is 0. The molecule has 24 heavy (non-hydrogen) atoms. The number of halogens is 1. The highest BCUT2D eigenvalue weighted by molar-refractivity contribution is 5.92. The van der Waals surface area contributed by atoms with Crippen molar-refractivity contribution in [3.8, 4) is 6.08 Å². The highest BCUT2D eigenvalue weighted by Gasteiger charge is 2.28. The predicted octanol–water partition coefficient (Wildman–Crippen LogP) is 2.73. The quantitative estimate of drug-likeness (QED) is 0.860. The number of amides is 1. The highest BCUT2D eigenvalue weighted by atomic mass is 19.1. The summed E-state index contributed by atoms with van der Waals surface area (Å²) in [5.74, 6) is -0.495. The molecule has 128 valence electrons. The number of ether oxygens (including phenoxy) is 2. The van der Waals surface area contributed by atoms with Crippen molar-refractivity contribution in [2.24, 2.45) is 0 Å². The lowest BCUT2D eigenvalue weighted by molar-refractivity contribution is -0.0230. The largest absolute Gasteiger partial charge is 0.450 e. The SMILES string of the molecule is CCOc1nc(C(=O)N2CCOC(c3ccc(F)c(C)c3)C2)co1. The number of hydrogen-bond acceptors (Lipinski definition) is 5. The number of rotatable bonds is 4. The van der Waals surface area contributed by atoms with Gasteiger partial charge in [-0.25, -0.2) is 4.39 Å². The normalized spacial score (nSPS) is 17.8. The molecule has 1 unspecified atom stereocenters. The first-order valence-corrected chi connectivity index (χ1v) is 7.83. The molecule has 1 amide bonds. The minimum Gasteiger partial charge on any atom is -0.450 e. The maximum Gasteiger partial charge on any atom is 0.394 e. The number of hydrogen-bond donors (Lipinski definition) is 0. The molecule has 1 aliphatic rings. The van der Waals surface area contributed by atoms with Crippen molar-refractivity contribution in [1.82, 2.24) is 9.88 Å². The molecule has 2 heterocycles. The van der Waals surface area contributed by atoms with Crippen molar-refractivity contribution in [3.05, 3.63) is 47.1 Å². The van der Waals surface area contributed by atoms with Crippen molar-refractivity contribution < 1.29 is 23.1 Å². The van der Waals surface area contributed by atoms with Gasteiger partial charge in [0.05, 0.1) is 19.8 Å².